The quantitative estimate of drug-likeness (QED) is 0.655. The predicted octanol–water partition coefficient (Wildman–Crippen LogP) is 2.50. The summed E-state index contributed by atoms with van der Waals surface area (Å²) in [4.78, 5) is 25.8. The van der Waals surface area contributed by atoms with Crippen molar-refractivity contribution in [3.63, 3.8) is 0 Å². The van der Waals surface area contributed by atoms with E-state index >= 15 is 0 Å². The Kier molecular flexibility index (Phi) is 3.77. The zero-order valence-corrected chi connectivity index (χ0v) is 16.0. The average Bonchev–Trinajstić information content (AvgIpc) is 2.66. The maximum atomic E-state index is 12.1. The van der Waals surface area contributed by atoms with Crippen molar-refractivity contribution in [1.82, 2.24) is 19.7 Å². The molecule has 3 aliphatic rings. The number of piperazine rings is 1. The molecule has 2 bridgehead atoms. The molecule has 0 aliphatic carbocycles. The van der Waals surface area contributed by atoms with E-state index < -0.39 is 0 Å². The topological polar surface area (TPSA) is 67.2 Å². The summed E-state index contributed by atoms with van der Waals surface area (Å²) >= 11 is 12.3. The lowest BCUT2D eigenvalue weighted by molar-refractivity contribution is 0.288. The Morgan fingerprint density at radius 3 is 2.67 bits per heavy atom. The first-order valence-electron chi connectivity index (χ1n) is 8.68. The van der Waals surface area contributed by atoms with E-state index in [0.717, 1.165) is 36.4 Å². The van der Waals surface area contributed by atoms with E-state index in [4.69, 9.17) is 28.2 Å². The van der Waals surface area contributed by atoms with Crippen LogP contribution in [0.3, 0.4) is 0 Å². The first kappa shape index (κ1) is 16.8. The highest BCUT2D eigenvalue weighted by Gasteiger charge is 2.46. The van der Waals surface area contributed by atoms with Crippen LogP contribution in [0.5, 0.6) is 0 Å². The molecule has 0 N–H and O–H groups in total. The van der Waals surface area contributed by atoms with Crippen LogP contribution in [0.2, 0.25) is 10.0 Å². The second-order valence-corrected chi connectivity index (χ2v) is 7.80. The van der Waals surface area contributed by atoms with Crippen molar-refractivity contribution in [3.05, 3.63) is 51.0 Å². The summed E-state index contributed by atoms with van der Waals surface area (Å²) in [5.41, 5.74) is 2.05. The molecule has 2 unspecified atom stereocenters. The summed E-state index contributed by atoms with van der Waals surface area (Å²) in [5, 5.41) is 4.98. The van der Waals surface area contributed by atoms with Crippen LogP contribution in [0, 0.1) is 0 Å². The fourth-order valence-corrected chi connectivity index (χ4v) is 4.46. The molecule has 3 aliphatic heterocycles. The van der Waals surface area contributed by atoms with Gasteiger partial charge in [-0.1, -0.05) is 23.2 Å². The Hall–Kier alpha value is -2.38. The minimum atomic E-state index is -0.274. The Labute approximate surface area is 165 Å². The van der Waals surface area contributed by atoms with Crippen molar-refractivity contribution in [2.24, 2.45) is 7.05 Å². The van der Waals surface area contributed by atoms with Crippen molar-refractivity contribution >= 4 is 45.7 Å². The van der Waals surface area contributed by atoms with Crippen LogP contribution in [0.15, 0.2) is 35.4 Å². The average molecular weight is 403 g/mol. The molecule has 6 rings (SSSR count). The summed E-state index contributed by atoms with van der Waals surface area (Å²) < 4.78 is 1.25. The summed E-state index contributed by atoms with van der Waals surface area (Å²) in [7, 11) is 1.60. The number of aryl methyl sites for hydroxylation is 1. The molecule has 3 saturated heterocycles. The second-order valence-electron chi connectivity index (χ2n) is 6.99. The third-order valence-electron chi connectivity index (χ3n) is 5.35. The van der Waals surface area contributed by atoms with E-state index in [1.165, 1.54) is 4.68 Å². The van der Waals surface area contributed by atoms with Gasteiger partial charge in [0.2, 0.25) is 0 Å². The highest BCUT2D eigenvalue weighted by atomic mass is 35.5. The lowest BCUT2D eigenvalue weighted by Crippen LogP contribution is -2.69. The number of fused-ring (bicyclic) bond motifs is 3. The maximum Gasteiger partial charge on any atom is 0.287 e. The van der Waals surface area contributed by atoms with Crippen LogP contribution >= 0.6 is 23.2 Å². The zero-order chi connectivity index (χ0) is 18.7. The van der Waals surface area contributed by atoms with Gasteiger partial charge >= 0.3 is 0 Å². The molecule has 138 valence electrons. The molecule has 0 saturated carbocycles. The standard InChI is InChI=1S/C18H16Cl2N6O/c1-24-18(27)17(20)15(6-22-24)25-8-11-5-12(9-25)26(11)16-7-21-14-4-10(19)2-3-13(14)23-16/h2-4,6-7,11-12H,5,8-9H2,1H3. The van der Waals surface area contributed by atoms with E-state index in [0.29, 0.717) is 22.8 Å². The van der Waals surface area contributed by atoms with Gasteiger partial charge in [0.25, 0.3) is 5.56 Å². The van der Waals surface area contributed by atoms with Gasteiger partial charge in [0.15, 0.2) is 0 Å². The Balaban J connectivity index is 1.41. The number of rotatable bonds is 2. The number of hydrogen-bond donors (Lipinski definition) is 0. The molecule has 9 heteroatoms. The first-order valence-corrected chi connectivity index (χ1v) is 9.44. The van der Waals surface area contributed by atoms with Crippen LogP contribution in [-0.4, -0.2) is 44.9 Å². The molecular formula is C18H16Cl2N6O. The number of benzene rings is 1. The van der Waals surface area contributed by atoms with Gasteiger partial charge < -0.3 is 9.80 Å². The van der Waals surface area contributed by atoms with E-state index in [1.807, 2.05) is 18.2 Å². The summed E-state index contributed by atoms with van der Waals surface area (Å²) in [6.45, 7) is 1.54. The molecule has 0 spiro atoms. The van der Waals surface area contributed by atoms with Crippen LogP contribution in [0.1, 0.15) is 6.42 Å². The Morgan fingerprint density at radius 2 is 1.89 bits per heavy atom. The van der Waals surface area contributed by atoms with Crippen molar-refractivity contribution < 1.29 is 0 Å². The Bertz CT molecular complexity index is 1100. The fraction of sp³-hybridized carbons (Fsp3) is 0.333. The SMILES string of the molecule is Cn1ncc(N2CC3CC(C2)N3c2cnc3cc(Cl)ccc3n2)c(Cl)c1=O. The van der Waals surface area contributed by atoms with Crippen molar-refractivity contribution in [2.45, 2.75) is 18.5 Å². The Morgan fingerprint density at radius 1 is 1.11 bits per heavy atom. The highest BCUT2D eigenvalue weighted by molar-refractivity contribution is 6.33. The van der Waals surface area contributed by atoms with Crippen LogP contribution in [-0.2, 0) is 7.05 Å². The van der Waals surface area contributed by atoms with E-state index in [-0.39, 0.29) is 10.6 Å². The van der Waals surface area contributed by atoms with Crippen LogP contribution in [0.4, 0.5) is 11.5 Å². The molecule has 7 nitrogen and oxygen atoms in total. The van der Waals surface area contributed by atoms with E-state index in [1.54, 1.807) is 19.4 Å². The molecule has 27 heavy (non-hydrogen) atoms. The van der Waals surface area contributed by atoms with E-state index in [9.17, 15) is 4.79 Å². The van der Waals surface area contributed by atoms with Gasteiger partial charge in [0, 0.05) is 25.2 Å². The molecule has 0 radical (unpaired) electrons. The molecule has 2 atom stereocenters. The van der Waals surface area contributed by atoms with Gasteiger partial charge in [0.1, 0.15) is 10.8 Å². The lowest BCUT2D eigenvalue weighted by Gasteiger charge is -2.57. The van der Waals surface area contributed by atoms with Gasteiger partial charge in [-0.3, -0.25) is 9.78 Å². The summed E-state index contributed by atoms with van der Waals surface area (Å²) in [6, 6.07) is 6.15. The molecule has 1 aromatic carbocycles. The van der Waals surface area contributed by atoms with Crippen LogP contribution in [0.25, 0.3) is 11.0 Å². The zero-order valence-electron chi connectivity index (χ0n) is 14.5. The monoisotopic (exact) mass is 402 g/mol. The number of hydrogen-bond acceptors (Lipinski definition) is 6. The molecule has 3 aromatic rings. The van der Waals surface area contributed by atoms with Gasteiger partial charge in [-0.05, 0) is 24.6 Å². The lowest BCUT2D eigenvalue weighted by atomic mass is 9.87. The highest BCUT2D eigenvalue weighted by Crippen LogP contribution is 2.38. The third-order valence-corrected chi connectivity index (χ3v) is 5.94. The van der Waals surface area contributed by atoms with Gasteiger partial charge in [0.05, 0.1) is 41.2 Å². The van der Waals surface area contributed by atoms with Crippen molar-refractivity contribution in [1.29, 1.82) is 0 Å². The maximum absolute atomic E-state index is 12.1. The smallest absolute Gasteiger partial charge is 0.287 e. The van der Waals surface area contributed by atoms with Crippen LogP contribution < -0.4 is 15.4 Å². The number of piperidine rings is 1. The molecule has 5 heterocycles. The second kappa shape index (κ2) is 6.07. The van der Waals surface area contributed by atoms with E-state index in [2.05, 4.69) is 19.9 Å². The molecule has 3 fully saturated rings. The van der Waals surface area contributed by atoms with Crippen molar-refractivity contribution in [3.8, 4) is 0 Å². The molecule has 0 amide bonds. The third kappa shape index (κ3) is 2.64. The fourth-order valence-electron chi connectivity index (χ4n) is 4.00. The number of halogens is 2. The minimum Gasteiger partial charge on any atom is -0.365 e. The van der Waals surface area contributed by atoms with Gasteiger partial charge in [-0.25, -0.2) is 9.67 Å². The van der Waals surface area contributed by atoms with Gasteiger partial charge in [-0.2, -0.15) is 5.10 Å². The normalized spacial score (nSPS) is 21.4. The predicted molar refractivity (Wildman–Crippen MR) is 106 cm³/mol. The summed E-state index contributed by atoms with van der Waals surface area (Å²) in [5.74, 6) is 0.874. The minimum absolute atomic E-state index is 0.225. The van der Waals surface area contributed by atoms with Crippen molar-refractivity contribution in [2.75, 3.05) is 22.9 Å². The van der Waals surface area contributed by atoms with Gasteiger partial charge in [-0.15, -0.1) is 0 Å². The number of aromatic nitrogens is 4. The molecule has 2 aromatic heterocycles. The number of nitrogens with zero attached hydrogens (tertiary/aromatic N) is 6. The largest absolute Gasteiger partial charge is 0.365 e. The first-order chi connectivity index (χ1) is 13.0. The molecular weight excluding hydrogens is 387 g/mol. The summed E-state index contributed by atoms with van der Waals surface area (Å²) in [6.07, 6.45) is 4.56. The number of anilines is 2.